The third kappa shape index (κ3) is 4.59. The number of hydrogen-bond donors (Lipinski definition) is 1. The van der Waals surface area contributed by atoms with E-state index in [1.807, 2.05) is 0 Å². The van der Waals surface area contributed by atoms with Crippen molar-refractivity contribution >= 4 is 0 Å². The Hall–Kier alpha value is -1.43. The van der Waals surface area contributed by atoms with Crippen molar-refractivity contribution in [2.45, 2.75) is 44.7 Å². The number of alkyl halides is 3. The standard InChI is InChI=1S/C14H18F3NO2/c1-2-10-9-13(7-8-18-10)19-11-3-5-12(6-4-11)20-14(15,16)17/h3-6,10,13,18H,2,7-9H2,1H3/t10-,13+/m1/s1. The number of benzene rings is 1. The predicted octanol–water partition coefficient (Wildman–Crippen LogP) is 3.49. The number of halogens is 3. The van der Waals surface area contributed by atoms with Crippen LogP contribution < -0.4 is 14.8 Å². The Bertz CT molecular complexity index is 419. The molecule has 0 spiro atoms. The Labute approximate surface area is 116 Å². The molecule has 1 heterocycles. The SMILES string of the molecule is CC[C@@H]1C[C@@H](Oc2ccc(OC(F)(F)F)cc2)CCN1. The second-order valence-corrected chi connectivity index (χ2v) is 4.84. The van der Waals surface area contributed by atoms with Gasteiger partial charge in [-0.05, 0) is 50.1 Å². The summed E-state index contributed by atoms with van der Waals surface area (Å²) in [5.41, 5.74) is 0. The smallest absolute Gasteiger partial charge is 0.490 e. The maximum atomic E-state index is 12.0. The Morgan fingerprint density at radius 2 is 1.85 bits per heavy atom. The highest BCUT2D eigenvalue weighted by Crippen LogP contribution is 2.26. The molecule has 1 saturated heterocycles. The van der Waals surface area contributed by atoms with Crippen LogP contribution in [-0.4, -0.2) is 25.1 Å². The van der Waals surface area contributed by atoms with Gasteiger partial charge >= 0.3 is 6.36 Å². The topological polar surface area (TPSA) is 30.5 Å². The molecule has 1 aromatic carbocycles. The first-order valence-corrected chi connectivity index (χ1v) is 6.72. The first kappa shape index (κ1) is 15.0. The maximum Gasteiger partial charge on any atom is 0.573 e. The Kier molecular flexibility index (Phi) is 4.75. The molecule has 0 bridgehead atoms. The molecule has 3 nitrogen and oxygen atoms in total. The minimum atomic E-state index is -4.66. The van der Waals surface area contributed by atoms with Crippen LogP contribution in [-0.2, 0) is 0 Å². The molecule has 1 aliphatic heterocycles. The molecule has 6 heteroatoms. The lowest BCUT2D eigenvalue weighted by atomic mass is 10.00. The van der Waals surface area contributed by atoms with E-state index in [1.54, 1.807) is 0 Å². The van der Waals surface area contributed by atoms with Crippen molar-refractivity contribution in [1.29, 1.82) is 0 Å². The van der Waals surface area contributed by atoms with Crippen LogP contribution in [0.3, 0.4) is 0 Å². The molecule has 0 aliphatic carbocycles. The van der Waals surface area contributed by atoms with Crippen LogP contribution in [0.4, 0.5) is 13.2 Å². The van der Waals surface area contributed by atoms with E-state index >= 15 is 0 Å². The zero-order chi connectivity index (χ0) is 14.6. The van der Waals surface area contributed by atoms with Gasteiger partial charge < -0.3 is 14.8 Å². The molecular weight excluding hydrogens is 271 g/mol. The van der Waals surface area contributed by atoms with Crippen LogP contribution in [0.1, 0.15) is 26.2 Å². The summed E-state index contributed by atoms with van der Waals surface area (Å²) in [6, 6.07) is 5.98. The zero-order valence-electron chi connectivity index (χ0n) is 11.2. The molecule has 20 heavy (non-hydrogen) atoms. The lowest BCUT2D eigenvalue weighted by Gasteiger charge is -2.30. The molecule has 1 N–H and O–H groups in total. The van der Waals surface area contributed by atoms with Gasteiger partial charge in [0.1, 0.15) is 17.6 Å². The molecule has 0 radical (unpaired) electrons. The summed E-state index contributed by atoms with van der Waals surface area (Å²) >= 11 is 0. The molecule has 112 valence electrons. The Balaban J connectivity index is 1.90. The van der Waals surface area contributed by atoms with Crippen molar-refractivity contribution in [2.75, 3.05) is 6.54 Å². The van der Waals surface area contributed by atoms with Gasteiger partial charge in [0.15, 0.2) is 0 Å². The van der Waals surface area contributed by atoms with Crippen LogP contribution in [0, 0.1) is 0 Å². The summed E-state index contributed by atoms with van der Waals surface area (Å²) in [4.78, 5) is 0. The van der Waals surface area contributed by atoms with Gasteiger partial charge in [-0.15, -0.1) is 13.2 Å². The number of ether oxygens (including phenoxy) is 2. The van der Waals surface area contributed by atoms with E-state index in [9.17, 15) is 13.2 Å². The van der Waals surface area contributed by atoms with Crippen molar-refractivity contribution in [3.8, 4) is 11.5 Å². The monoisotopic (exact) mass is 289 g/mol. The van der Waals surface area contributed by atoms with Crippen molar-refractivity contribution in [3.05, 3.63) is 24.3 Å². The lowest BCUT2D eigenvalue weighted by Crippen LogP contribution is -2.41. The largest absolute Gasteiger partial charge is 0.573 e. The molecule has 0 saturated carbocycles. The van der Waals surface area contributed by atoms with Crippen LogP contribution in [0.2, 0.25) is 0 Å². The van der Waals surface area contributed by atoms with Gasteiger partial charge in [0.25, 0.3) is 0 Å². The van der Waals surface area contributed by atoms with E-state index in [1.165, 1.54) is 24.3 Å². The van der Waals surface area contributed by atoms with E-state index in [2.05, 4.69) is 17.0 Å². The molecule has 0 aromatic heterocycles. The Morgan fingerprint density at radius 1 is 1.20 bits per heavy atom. The molecule has 1 aromatic rings. The minimum Gasteiger partial charge on any atom is -0.490 e. The summed E-state index contributed by atoms with van der Waals surface area (Å²) in [5, 5.41) is 3.39. The van der Waals surface area contributed by atoms with Gasteiger partial charge in [-0.3, -0.25) is 0 Å². The zero-order valence-corrected chi connectivity index (χ0v) is 11.2. The predicted molar refractivity (Wildman–Crippen MR) is 68.9 cm³/mol. The fourth-order valence-corrected chi connectivity index (χ4v) is 2.30. The van der Waals surface area contributed by atoms with E-state index in [0.29, 0.717) is 11.8 Å². The van der Waals surface area contributed by atoms with Crippen LogP contribution in [0.25, 0.3) is 0 Å². The average Bonchev–Trinajstić information content (AvgIpc) is 2.40. The summed E-state index contributed by atoms with van der Waals surface area (Å²) in [6.45, 7) is 3.02. The van der Waals surface area contributed by atoms with Gasteiger partial charge in [0.05, 0.1) is 0 Å². The minimum absolute atomic E-state index is 0.107. The van der Waals surface area contributed by atoms with Gasteiger partial charge in [0, 0.05) is 6.04 Å². The molecule has 2 rings (SSSR count). The third-order valence-electron chi connectivity index (χ3n) is 3.30. The lowest BCUT2D eigenvalue weighted by molar-refractivity contribution is -0.274. The quantitative estimate of drug-likeness (QED) is 0.920. The fraction of sp³-hybridized carbons (Fsp3) is 0.571. The third-order valence-corrected chi connectivity index (χ3v) is 3.30. The van der Waals surface area contributed by atoms with Crippen LogP contribution in [0.15, 0.2) is 24.3 Å². The highest BCUT2D eigenvalue weighted by Gasteiger charge is 2.31. The molecule has 0 amide bonds. The Morgan fingerprint density at radius 3 is 2.45 bits per heavy atom. The van der Waals surface area contributed by atoms with E-state index in [0.717, 1.165) is 25.8 Å². The van der Waals surface area contributed by atoms with Crippen LogP contribution >= 0.6 is 0 Å². The first-order chi connectivity index (χ1) is 9.46. The highest BCUT2D eigenvalue weighted by atomic mass is 19.4. The molecule has 1 fully saturated rings. The first-order valence-electron chi connectivity index (χ1n) is 6.72. The highest BCUT2D eigenvalue weighted by molar-refractivity contribution is 5.31. The molecule has 0 unspecified atom stereocenters. The van der Waals surface area contributed by atoms with Gasteiger partial charge in [0.2, 0.25) is 0 Å². The molecule has 1 aliphatic rings. The average molecular weight is 289 g/mol. The van der Waals surface area contributed by atoms with Crippen molar-refractivity contribution in [2.24, 2.45) is 0 Å². The second kappa shape index (κ2) is 6.35. The van der Waals surface area contributed by atoms with Crippen molar-refractivity contribution in [3.63, 3.8) is 0 Å². The summed E-state index contributed by atoms with van der Waals surface area (Å²) in [6.07, 6.45) is -1.70. The maximum absolute atomic E-state index is 12.0. The van der Waals surface area contributed by atoms with Gasteiger partial charge in [-0.2, -0.15) is 0 Å². The van der Waals surface area contributed by atoms with Crippen LogP contribution in [0.5, 0.6) is 11.5 Å². The summed E-state index contributed by atoms with van der Waals surface area (Å²) < 4.78 is 45.7. The normalized spacial score (nSPS) is 23.4. The van der Waals surface area contributed by atoms with Crippen molar-refractivity contribution in [1.82, 2.24) is 5.32 Å². The number of nitrogens with one attached hydrogen (secondary N) is 1. The number of hydrogen-bond acceptors (Lipinski definition) is 3. The molecular formula is C14H18F3NO2. The number of rotatable bonds is 4. The fourth-order valence-electron chi connectivity index (χ4n) is 2.30. The summed E-state index contributed by atoms with van der Waals surface area (Å²) in [7, 11) is 0. The molecule has 2 atom stereocenters. The van der Waals surface area contributed by atoms with Gasteiger partial charge in [-0.25, -0.2) is 0 Å². The van der Waals surface area contributed by atoms with E-state index in [4.69, 9.17) is 4.74 Å². The van der Waals surface area contributed by atoms with Gasteiger partial charge in [-0.1, -0.05) is 6.92 Å². The van der Waals surface area contributed by atoms with E-state index < -0.39 is 6.36 Å². The van der Waals surface area contributed by atoms with E-state index in [-0.39, 0.29) is 11.9 Å². The summed E-state index contributed by atoms with van der Waals surface area (Å²) in [5.74, 6) is 0.336. The number of piperidine rings is 1. The van der Waals surface area contributed by atoms with Crippen molar-refractivity contribution < 1.29 is 22.6 Å². The second-order valence-electron chi connectivity index (χ2n) is 4.84.